The van der Waals surface area contributed by atoms with Gasteiger partial charge < -0.3 is 4.90 Å². The van der Waals surface area contributed by atoms with E-state index in [0.717, 1.165) is 22.3 Å². The Morgan fingerprint density at radius 1 is 0.844 bits per heavy atom. The van der Waals surface area contributed by atoms with Crippen LogP contribution in [0.3, 0.4) is 0 Å². The second kappa shape index (κ2) is 8.64. The van der Waals surface area contributed by atoms with Crippen molar-refractivity contribution in [1.29, 1.82) is 0 Å². The second-order valence-corrected chi connectivity index (χ2v) is 8.60. The van der Waals surface area contributed by atoms with E-state index in [1.165, 1.54) is 4.90 Å². The number of carbonyl (C=O) groups is 2. The third-order valence-electron chi connectivity index (χ3n) is 5.98. The summed E-state index contributed by atoms with van der Waals surface area (Å²) in [5.41, 5.74) is 6.00. The van der Waals surface area contributed by atoms with Gasteiger partial charge in [-0.15, -0.1) is 0 Å². The Morgan fingerprint density at radius 3 is 2.25 bits per heavy atom. The summed E-state index contributed by atoms with van der Waals surface area (Å²) in [5, 5.41) is 0.516. The maximum atomic E-state index is 13.7. The predicted molar refractivity (Wildman–Crippen MR) is 129 cm³/mol. The zero-order chi connectivity index (χ0) is 23.0. The number of amides is 2. The van der Waals surface area contributed by atoms with Crippen LogP contribution in [0.2, 0.25) is 5.02 Å². The average molecular weight is 445 g/mol. The number of likely N-dealkylation sites (N-methyl/N-ethyl adjacent to an activating group) is 1. The van der Waals surface area contributed by atoms with Gasteiger partial charge in [0.2, 0.25) is 0 Å². The number of benzene rings is 3. The van der Waals surface area contributed by atoms with Gasteiger partial charge >= 0.3 is 0 Å². The van der Waals surface area contributed by atoms with E-state index >= 15 is 0 Å². The number of hydrogen-bond donors (Lipinski definition) is 0. The molecule has 3 aromatic carbocycles. The van der Waals surface area contributed by atoms with Crippen LogP contribution in [0.4, 0.5) is 5.69 Å². The molecule has 1 aliphatic rings. The standard InChI is InChI=1S/C27H25ClN2O2/c1-17-13-14-21(15-18(17)2)24-25(29(4)16-20-9-6-5-7-10-20)27(32)30(26(24)31)23-12-8-11-22(28)19(23)3/h5-15H,16H2,1-4H3. The van der Waals surface area contributed by atoms with E-state index < -0.39 is 0 Å². The van der Waals surface area contributed by atoms with Crippen molar-refractivity contribution in [1.82, 2.24) is 4.90 Å². The van der Waals surface area contributed by atoms with Gasteiger partial charge in [0, 0.05) is 18.6 Å². The smallest absolute Gasteiger partial charge is 0.282 e. The van der Waals surface area contributed by atoms with E-state index in [-0.39, 0.29) is 11.8 Å². The number of anilines is 1. The lowest BCUT2D eigenvalue weighted by atomic mass is 9.99. The number of aryl methyl sites for hydroxylation is 2. The van der Waals surface area contributed by atoms with Crippen LogP contribution >= 0.6 is 11.6 Å². The molecule has 1 aliphatic heterocycles. The van der Waals surface area contributed by atoms with E-state index in [2.05, 4.69) is 0 Å². The maximum absolute atomic E-state index is 13.7. The first-order chi connectivity index (χ1) is 15.3. The molecule has 0 N–H and O–H groups in total. The molecule has 0 saturated heterocycles. The Kier molecular flexibility index (Phi) is 5.90. The average Bonchev–Trinajstić information content (AvgIpc) is 3.03. The highest BCUT2D eigenvalue weighted by Gasteiger charge is 2.42. The Balaban J connectivity index is 1.85. The predicted octanol–water partition coefficient (Wildman–Crippen LogP) is 5.68. The molecular formula is C27H25ClN2O2. The van der Waals surface area contributed by atoms with Crippen LogP contribution in [-0.4, -0.2) is 23.8 Å². The van der Waals surface area contributed by atoms with Gasteiger partial charge in [0.25, 0.3) is 11.8 Å². The van der Waals surface area contributed by atoms with Gasteiger partial charge in [-0.25, -0.2) is 4.90 Å². The van der Waals surface area contributed by atoms with E-state index in [4.69, 9.17) is 11.6 Å². The molecule has 32 heavy (non-hydrogen) atoms. The molecule has 0 spiro atoms. The van der Waals surface area contributed by atoms with Crippen molar-refractivity contribution in [3.63, 3.8) is 0 Å². The lowest BCUT2D eigenvalue weighted by Gasteiger charge is -2.22. The van der Waals surface area contributed by atoms with E-state index in [9.17, 15) is 9.59 Å². The number of imide groups is 1. The van der Waals surface area contributed by atoms with Crippen LogP contribution in [-0.2, 0) is 16.1 Å². The molecule has 0 saturated carbocycles. The molecule has 0 radical (unpaired) electrons. The highest BCUT2D eigenvalue weighted by molar-refractivity contribution is 6.46. The summed E-state index contributed by atoms with van der Waals surface area (Å²) in [6.45, 7) is 6.36. The summed E-state index contributed by atoms with van der Waals surface area (Å²) >= 11 is 6.31. The maximum Gasteiger partial charge on any atom is 0.282 e. The summed E-state index contributed by atoms with van der Waals surface area (Å²) in [6.07, 6.45) is 0. The molecule has 0 aliphatic carbocycles. The van der Waals surface area contributed by atoms with Crippen LogP contribution < -0.4 is 4.90 Å². The van der Waals surface area contributed by atoms with E-state index in [0.29, 0.717) is 34.1 Å². The SMILES string of the molecule is Cc1ccc(C2=C(N(C)Cc3ccccc3)C(=O)N(c3cccc(Cl)c3C)C2=O)cc1C. The van der Waals surface area contributed by atoms with Gasteiger partial charge in [-0.05, 0) is 60.7 Å². The van der Waals surface area contributed by atoms with Gasteiger partial charge in [0.1, 0.15) is 5.70 Å². The molecule has 5 heteroatoms. The third kappa shape index (κ3) is 3.82. The Morgan fingerprint density at radius 2 is 1.56 bits per heavy atom. The van der Waals surface area contributed by atoms with Gasteiger partial charge in [-0.3, -0.25) is 9.59 Å². The summed E-state index contributed by atoms with van der Waals surface area (Å²) in [4.78, 5) is 30.5. The fourth-order valence-electron chi connectivity index (χ4n) is 4.02. The first-order valence-electron chi connectivity index (χ1n) is 10.5. The fourth-order valence-corrected chi connectivity index (χ4v) is 4.19. The highest BCUT2D eigenvalue weighted by atomic mass is 35.5. The summed E-state index contributed by atoms with van der Waals surface area (Å²) < 4.78 is 0. The zero-order valence-electron chi connectivity index (χ0n) is 18.6. The number of hydrogen-bond acceptors (Lipinski definition) is 3. The molecule has 1 heterocycles. The number of halogens is 1. The molecule has 3 aromatic rings. The number of carbonyl (C=O) groups excluding carboxylic acids is 2. The molecule has 0 atom stereocenters. The molecule has 0 unspecified atom stereocenters. The second-order valence-electron chi connectivity index (χ2n) is 8.19. The Labute approximate surface area is 193 Å². The monoisotopic (exact) mass is 444 g/mol. The molecule has 4 rings (SSSR count). The van der Waals surface area contributed by atoms with Crippen LogP contribution in [0.25, 0.3) is 5.57 Å². The van der Waals surface area contributed by atoms with Gasteiger partial charge in [-0.2, -0.15) is 0 Å². The number of nitrogens with zero attached hydrogens (tertiary/aromatic N) is 2. The van der Waals surface area contributed by atoms with Gasteiger partial charge in [-0.1, -0.05) is 66.2 Å². The topological polar surface area (TPSA) is 40.6 Å². The van der Waals surface area contributed by atoms with Crippen LogP contribution in [0.1, 0.15) is 27.8 Å². The van der Waals surface area contributed by atoms with Crippen molar-refractivity contribution in [3.05, 3.63) is 105 Å². The fraction of sp³-hybridized carbons (Fsp3) is 0.185. The van der Waals surface area contributed by atoms with Gasteiger partial charge in [0.15, 0.2) is 0 Å². The van der Waals surface area contributed by atoms with Gasteiger partial charge in [0.05, 0.1) is 11.3 Å². The van der Waals surface area contributed by atoms with Crippen molar-refractivity contribution >= 4 is 34.7 Å². The summed E-state index contributed by atoms with van der Waals surface area (Å²) in [5.74, 6) is -0.675. The minimum Gasteiger partial charge on any atom is -0.365 e. The third-order valence-corrected chi connectivity index (χ3v) is 6.39. The summed E-state index contributed by atoms with van der Waals surface area (Å²) in [6, 6.07) is 21.0. The minimum absolute atomic E-state index is 0.335. The first-order valence-corrected chi connectivity index (χ1v) is 10.9. The van der Waals surface area contributed by atoms with Crippen molar-refractivity contribution < 1.29 is 9.59 Å². The molecular weight excluding hydrogens is 420 g/mol. The summed E-state index contributed by atoms with van der Waals surface area (Å²) in [7, 11) is 1.85. The van der Waals surface area contributed by atoms with Crippen LogP contribution in [0.15, 0.2) is 72.4 Å². The normalized spacial score (nSPS) is 13.8. The largest absolute Gasteiger partial charge is 0.365 e. The molecule has 4 nitrogen and oxygen atoms in total. The van der Waals surface area contributed by atoms with Crippen molar-refractivity contribution in [2.45, 2.75) is 27.3 Å². The van der Waals surface area contributed by atoms with E-state index in [1.54, 1.807) is 18.2 Å². The Bertz CT molecular complexity index is 1250. The Hall–Kier alpha value is -3.37. The van der Waals surface area contributed by atoms with Crippen molar-refractivity contribution in [3.8, 4) is 0 Å². The molecule has 2 amide bonds. The lowest BCUT2D eigenvalue weighted by Crippen LogP contribution is -2.34. The van der Waals surface area contributed by atoms with Crippen molar-refractivity contribution in [2.24, 2.45) is 0 Å². The molecule has 0 aromatic heterocycles. The lowest BCUT2D eigenvalue weighted by molar-refractivity contribution is -0.120. The molecule has 0 bridgehead atoms. The first kappa shape index (κ1) is 21.8. The highest BCUT2D eigenvalue weighted by Crippen LogP contribution is 2.37. The molecule has 162 valence electrons. The quantitative estimate of drug-likeness (QED) is 0.475. The zero-order valence-corrected chi connectivity index (χ0v) is 19.4. The number of rotatable bonds is 5. The van der Waals surface area contributed by atoms with Crippen LogP contribution in [0, 0.1) is 20.8 Å². The van der Waals surface area contributed by atoms with Crippen molar-refractivity contribution in [2.75, 3.05) is 11.9 Å². The van der Waals surface area contributed by atoms with E-state index in [1.807, 2.05) is 81.2 Å². The van der Waals surface area contributed by atoms with Crippen LogP contribution in [0.5, 0.6) is 0 Å². The molecule has 0 fully saturated rings. The minimum atomic E-state index is -0.341.